The Kier molecular flexibility index (Phi) is 7.11. The van der Waals surface area contributed by atoms with Crippen LogP contribution in [0.1, 0.15) is 12.0 Å². The molecule has 0 heterocycles. The summed E-state index contributed by atoms with van der Waals surface area (Å²) >= 11 is 1.60. The average Bonchev–Trinajstić information content (AvgIpc) is 2.41. The lowest BCUT2D eigenvalue weighted by Crippen LogP contribution is -2.37. The predicted octanol–water partition coefficient (Wildman–Crippen LogP) is 1.69. The van der Waals surface area contributed by atoms with Gasteiger partial charge in [-0.2, -0.15) is 0 Å². The van der Waals surface area contributed by atoms with Gasteiger partial charge >= 0.3 is 5.97 Å². The number of carboxylic acids is 1. The molecular weight excluding hydrogens is 278 g/mol. The Labute approximate surface area is 122 Å². The van der Waals surface area contributed by atoms with Gasteiger partial charge in [-0.15, -0.1) is 11.8 Å². The standard InChI is InChI=1S/C14H19NO4S/c1-10-3-5-11(6-4-10)20-8-7-13(16)15-9-12(19-2)14(17)18/h3-6,12H,7-9H2,1-2H3,(H,15,16)(H,17,18). The molecule has 1 amide bonds. The van der Waals surface area contributed by atoms with E-state index in [0.717, 1.165) is 4.90 Å². The highest BCUT2D eigenvalue weighted by molar-refractivity contribution is 7.99. The van der Waals surface area contributed by atoms with Crippen LogP contribution in [0.5, 0.6) is 0 Å². The fraction of sp³-hybridized carbons (Fsp3) is 0.429. The number of thioether (sulfide) groups is 1. The van der Waals surface area contributed by atoms with Crippen LogP contribution >= 0.6 is 11.8 Å². The Morgan fingerprint density at radius 2 is 2.00 bits per heavy atom. The van der Waals surface area contributed by atoms with Crippen molar-refractivity contribution in [2.75, 3.05) is 19.4 Å². The largest absolute Gasteiger partial charge is 0.479 e. The first-order chi connectivity index (χ1) is 9.52. The van der Waals surface area contributed by atoms with E-state index in [2.05, 4.69) is 5.32 Å². The molecule has 1 rings (SSSR count). The van der Waals surface area contributed by atoms with Crippen molar-refractivity contribution in [2.24, 2.45) is 0 Å². The van der Waals surface area contributed by atoms with Gasteiger partial charge in [0.1, 0.15) is 0 Å². The van der Waals surface area contributed by atoms with E-state index in [1.165, 1.54) is 12.7 Å². The van der Waals surface area contributed by atoms with E-state index in [9.17, 15) is 9.59 Å². The molecule has 5 nitrogen and oxygen atoms in total. The number of hydrogen-bond donors (Lipinski definition) is 2. The van der Waals surface area contributed by atoms with Crippen molar-refractivity contribution in [1.29, 1.82) is 0 Å². The summed E-state index contributed by atoms with van der Waals surface area (Å²) in [6, 6.07) is 8.09. The first-order valence-electron chi connectivity index (χ1n) is 6.24. The number of benzene rings is 1. The molecule has 0 saturated heterocycles. The van der Waals surface area contributed by atoms with Crippen molar-refractivity contribution in [2.45, 2.75) is 24.3 Å². The highest BCUT2D eigenvalue weighted by atomic mass is 32.2. The third-order valence-corrected chi connectivity index (χ3v) is 3.68. The molecule has 1 unspecified atom stereocenters. The predicted molar refractivity (Wildman–Crippen MR) is 78.0 cm³/mol. The van der Waals surface area contributed by atoms with E-state index in [4.69, 9.17) is 9.84 Å². The molecule has 1 aromatic carbocycles. The molecule has 0 aliphatic carbocycles. The lowest BCUT2D eigenvalue weighted by molar-refractivity contribution is -0.148. The number of ether oxygens (including phenoxy) is 1. The molecule has 1 atom stereocenters. The van der Waals surface area contributed by atoms with Crippen LogP contribution in [0, 0.1) is 6.92 Å². The van der Waals surface area contributed by atoms with E-state index in [0.29, 0.717) is 12.2 Å². The van der Waals surface area contributed by atoms with Gasteiger partial charge < -0.3 is 15.2 Å². The molecule has 6 heteroatoms. The monoisotopic (exact) mass is 297 g/mol. The number of rotatable bonds is 8. The zero-order valence-corrected chi connectivity index (χ0v) is 12.4. The first-order valence-corrected chi connectivity index (χ1v) is 7.23. The van der Waals surface area contributed by atoms with Crippen LogP contribution in [0.3, 0.4) is 0 Å². The summed E-state index contributed by atoms with van der Waals surface area (Å²) in [6.07, 6.45) is -0.655. The number of methoxy groups -OCH3 is 1. The molecular formula is C14H19NO4S. The van der Waals surface area contributed by atoms with Gasteiger partial charge in [-0.3, -0.25) is 4.79 Å². The Morgan fingerprint density at radius 3 is 2.55 bits per heavy atom. The molecule has 0 radical (unpaired) electrons. The summed E-state index contributed by atoms with van der Waals surface area (Å²) in [5, 5.41) is 11.3. The van der Waals surface area contributed by atoms with Gasteiger partial charge in [0.25, 0.3) is 0 Å². The zero-order valence-electron chi connectivity index (χ0n) is 11.6. The van der Waals surface area contributed by atoms with Crippen LogP contribution in [0.4, 0.5) is 0 Å². The molecule has 0 aliphatic rings. The maximum Gasteiger partial charge on any atom is 0.334 e. The smallest absolute Gasteiger partial charge is 0.334 e. The number of aliphatic carboxylic acids is 1. The van der Waals surface area contributed by atoms with Gasteiger partial charge in [-0.1, -0.05) is 17.7 Å². The minimum atomic E-state index is -1.08. The van der Waals surface area contributed by atoms with Crippen LogP contribution in [-0.2, 0) is 14.3 Å². The van der Waals surface area contributed by atoms with Gasteiger partial charge in [-0.05, 0) is 19.1 Å². The van der Waals surface area contributed by atoms with Crippen molar-refractivity contribution < 1.29 is 19.4 Å². The van der Waals surface area contributed by atoms with Gasteiger partial charge in [0.2, 0.25) is 5.91 Å². The molecule has 0 saturated carbocycles. The Balaban J connectivity index is 2.23. The van der Waals surface area contributed by atoms with Crippen LogP contribution in [0.2, 0.25) is 0 Å². The van der Waals surface area contributed by atoms with E-state index in [1.807, 2.05) is 31.2 Å². The molecule has 0 spiro atoms. The lowest BCUT2D eigenvalue weighted by atomic mass is 10.2. The van der Waals surface area contributed by atoms with Crippen LogP contribution < -0.4 is 5.32 Å². The molecule has 0 aromatic heterocycles. The summed E-state index contributed by atoms with van der Waals surface area (Å²) in [4.78, 5) is 23.4. The van der Waals surface area contributed by atoms with Crippen molar-refractivity contribution in [1.82, 2.24) is 5.32 Å². The van der Waals surface area contributed by atoms with E-state index in [-0.39, 0.29) is 12.5 Å². The number of aryl methyl sites for hydroxylation is 1. The summed E-state index contributed by atoms with van der Waals surface area (Å²) in [7, 11) is 1.30. The van der Waals surface area contributed by atoms with Gasteiger partial charge in [0, 0.05) is 24.2 Å². The fourth-order valence-electron chi connectivity index (χ4n) is 1.46. The summed E-state index contributed by atoms with van der Waals surface area (Å²) in [6.45, 7) is 2.01. The maximum atomic E-state index is 11.6. The Morgan fingerprint density at radius 1 is 1.35 bits per heavy atom. The van der Waals surface area contributed by atoms with E-state index < -0.39 is 12.1 Å². The number of carbonyl (C=O) groups excluding carboxylic acids is 1. The molecule has 2 N–H and O–H groups in total. The second kappa shape index (κ2) is 8.60. The van der Waals surface area contributed by atoms with Gasteiger partial charge in [0.05, 0.1) is 6.54 Å². The molecule has 20 heavy (non-hydrogen) atoms. The van der Waals surface area contributed by atoms with Crippen LogP contribution in [0.25, 0.3) is 0 Å². The highest BCUT2D eigenvalue weighted by Gasteiger charge is 2.16. The highest BCUT2D eigenvalue weighted by Crippen LogP contribution is 2.18. The van der Waals surface area contributed by atoms with Gasteiger partial charge in [0.15, 0.2) is 6.10 Å². The number of nitrogens with one attached hydrogen (secondary N) is 1. The minimum Gasteiger partial charge on any atom is -0.479 e. The van der Waals surface area contributed by atoms with E-state index in [1.54, 1.807) is 11.8 Å². The minimum absolute atomic E-state index is 0.0140. The zero-order chi connectivity index (χ0) is 15.0. The van der Waals surface area contributed by atoms with Crippen molar-refractivity contribution >= 4 is 23.6 Å². The molecule has 0 aliphatic heterocycles. The third kappa shape index (κ3) is 6.08. The average molecular weight is 297 g/mol. The van der Waals surface area contributed by atoms with Crippen molar-refractivity contribution in [3.05, 3.63) is 29.8 Å². The van der Waals surface area contributed by atoms with E-state index >= 15 is 0 Å². The number of hydrogen-bond acceptors (Lipinski definition) is 4. The first kappa shape index (κ1) is 16.5. The van der Waals surface area contributed by atoms with Crippen molar-refractivity contribution in [3.63, 3.8) is 0 Å². The maximum absolute atomic E-state index is 11.6. The number of amides is 1. The van der Waals surface area contributed by atoms with Gasteiger partial charge in [-0.25, -0.2) is 4.79 Å². The fourth-order valence-corrected chi connectivity index (χ4v) is 2.31. The summed E-state index contributed by atoms with van der Waals surface area (Å²) in [5.41, 5.74) is 1.20. The summed E-state index contributed by atoms with van der Waals surface area (Å²) < 4.78 is 4.73. The summed E-state index contributed by atoms with van der Waals surface area (Å²) in [5.74, 6) is -0.602. The molecule has 0 fully saturated rings. The topological polar surface area (TPSA) is 75.6 Å². The second-order valence-corrected chi connectivity index (χ2v) is 5.45. The van der Waals surface area contributed by atoms with Crippen LogP contribution in [0.15, 0.2) is 29.2 Å². The lowest BCUT2D eigenvalue weighted by Gasteiger charge is -2.11. The Bertz CT molecular complexity index is 447. The third-order valence-electron chi connectivity index (χ3n) is 2.66. The van der Waals surface area contributed by atoms with Crippen LogP contribution in [-0.4, -0.2) is 42.5 Å². The molecule has 110 valence electrons. The van der Waals surface area contributed by atoms with Crippen molar-refractivity contribution in [3.8, 4) is 0 Å². The quantitative estimate of drug-likeness (QED) is 0.714. The number of carbonyl (C=O) groups is 2. The second-order valence-electron chi connectivity index (χ2n) is 4.28. The normalized spacial score (nSPS) is 11.9. The Hall–Kier alpha value is -1.53. The number of carboxylic acid groups (broad SMARTS) is 1. The SMILES string of the molecule is COC(CNC(=O)CCSc1ccc(C)cc1)C(=O)O. The molecule has 1 aromatic rings. The molecule has 0 bridgehead atoms.